The Kier molecular flexibility index (Phi) is 4.20. The van der Waals surface area contributed by atoms with E-state index in [0.717, 1.165) is 5.75 Å². The van der Waals surface area contributed by atoms with E-state index in [1.54, 1.807) is 24.3 Å². The van der Waals surface area contributed by atoms with Crippen molar-refractivity contribution in [3.63, 3.8) is 0 Å². The van der Waals surface area contributed by atoms with Crippen molar-refractivity contribution >= 4 is 17.5 Å². The standard InChI is InChI=1S/C17H16ClNO3/c1-11(19-17(20)12-6-2-3-7-13(12)18)16-10-21-14-8-4-5-9-15(14)22-16/h2-9,11,16H,10H2,1H3,(H,19,20)/t11-,16-/m1/s1. The number of rotatable bonds is 3. The lowest BCUT2D eigenvalue weighted by atomic mass is 10.1. The highest BCUT2D eigenvalue weighted by molar-refractivity contribution is 6.33. The normalized spacial score (nSPS) is 17.6. The van der Waals surface area contributed by atoms with Gasteiger partial charge in [-0.2, -0.15) is 0 Å². The highest BCUT2D eigenvalue weighted by atomic mass is 35.5. The molecular weight excluding hydrogens is 302 g/mol. The predicted octanol–water partition coefficient (Wildman–Crippen LogP) is 3.30. The summed E-state index contributed by atoms with van der Waals surface area (Å²) in [7, 11) is 0. The van der Waals surface area contributed by atoms with Gasteiger partial charge in [-0.1, -0.05) is 35.9 Å². The summed E-state index contributed by atoms with van der Waals surface area (Å²) in [4.78, 5) is 12.3. The minimum absolute atomic E-state index is 0.211. The number of hydrogen-bond acceptors (Lipinski definition) is 3. The number of ether oxygens (including phenoxy) is 2. The molecule has 2 aromatic carbocycles. The summed E-state index contributed by atoms with van der Waals surface area (Å²) in [6, 6.07) is 14.2. The average Bonchev–Trinajstić information content (AvgIpc) is 2.54. The van der Waals surface area contributed by atoms with Gasteiger partial charge in [-0.15, -0.1) is 0 Å². The Morgan fingerprint density at radius 2 is 1.86 bits per heavy atom. The number of halogens is 1. The van der Waals surface area contributed by atoms with E-state index in [1.807, 2.05) is 31.2 Å². The van der Waals surface area contributed by atoms with Gasteiger partial charge in [0.25, 0.3) is 5.91 Å². The van der Waals surface area contributed by atoms with Crippen molar-refractivity contribution < 1.29 is 14.3 Å². The second-order valence-electron chi connectivity index (χ2n) is 5.16. The topological polar surface area (TPSA) is 47.6 Å². The third-order valence-electron chi connectivity index (χ3n) is 3.57. The number of nitrogens with one attached hydrogen (secondary N) is 1. The maximum Gasteiger partial charge on any atom is 0.253 e. The number of para-hydroxylation sites is 2. The zero-order chi connectivity index (χ0) is 15.5. The summed E-state index contributed by atoms with van der Waals surface area (Å²) in [5, 5.41) is 3.34. The molecular formula is C17H16ClNO3. The molecule has 0 bridgehead atoms. The van der Waals surface area contributed by atoms with Gasteiger partial charge in [0.1, 0.15) is 6.61 Å². The second-order valence-corrected chi connectivity index (χ2v) is 5.56. The van der Waals surface area contributed by atoms with Crippen LogP contribution in [0.15, 0.2) is 48.5 Å². The predicted molar refractivity (Wildman–Crippen MR) is 84.7 cm³/mol. The number of carbonyl (C=O) groups is 1. The molecule has 5 heteroatoms. The van der Waals surface area contributed by atoms with Crippen molar-refractivity contribution in [3.05, 3.63) is 59.1 Å². The minimum atomic E-state index is -0.249. The van der Waals surface area contributed by atoms with Crippen LogP contribution in [0, 0.1) is 0 Å². The fraction of sp³-hybridized carbons (Fsp3) is 0.235. The molecule has 0 saturated carbocycles. The van der Waals surface area contributed by atoms with Crippen molar-refractivity contribution in [2.45, 2.75) is 19.1 Å². The van der Waals surface area contributed by atoms with E-state index in [-0.39, 0.29) is 18.1 Å². The molecule has 1 N–H and O–H groups in total. The van der Waals surface area contributed by atoms with E-state index in [2.05, 4.69) is 5.32 Å². The van der Waals surface area contributed by atoms with Gasteiger partial charge in [0.15, 0.2) is 17.6 Å². The first kappa shape index (κ1) is 14.7. The molecule has 0 saturated heterocycles. The number of hydrogen-bond donors (Lipinski definition) is 1. The quantitative estimate of drug-likeness (QED) is 0.945. The first-order valence-corrected chi connectivity index (χ1v) is 7.47. The SMILES string of the molecule is C[C@@H](NC(=O)c1ccccc1Cl)[C@H]1COc2ccccc2O1. The number of amides is 1. The van der Waals surface area contributed by atoms with Crippen molar-refractivity contribution in [1.82, 2.24) is 5.32 Å². The molecule has 1 amide bonds. The largest absolute Gasteiger partial charge is 0.486 e. The van der Waals surface area contributed by atoms with Gasteiger partial charge in [-0.3, -0.25) is 4.79 Å². The number of fused-ring (bicyclic) bond motifs is 1. The number of carbonyl (C=O) groups excluding carboxylic acids is 1. The van der Waals surface area contributed by atoms with Crippen LogP contribution in [-0.2, 0) is 0 Å². The summed E-state index contributed by atoms with van der Waals surface area (Å²) in [5.41, 5.74) is 0.452. The van der Waals surface area contributed by atoms with Crippen molar-refractivity contribution in [2.24, 2.45) is 0 Å². The van der Waals surface area contributed by atoms with Gasteiger partial charge in [0.05, 0.1) is 16.6 Å². The van der Waals surface area contributed by atoms with Gasteiger partial charge in [-0.25, -0.2) is 0 Å². The van der Waals surface area contributed by atoms with Crippen LogP contribution in [0.3, 0.4) is 0 Å². The van der Waals surface area contributed by atoms with E-state index in [1.165, 1.54) is 0 Å². The van der Waals surface area contributed by atoms with Gasteiger partial charge >= 0.3 is 0 Å². The van der Waals surface area contributed by atoms with Crippen LogP contribution in [0.5, 0.6) is 11.5 Å². The molecule has 0 spiro atoms. The van der Waals surface area contributed by atoms with Crippen molar-refractivity contribution in [1.29, 1.82) is 0 Å². The lowest BCUT2D eigenvalue weighted by molar-refractivity contribution is 0.0606. The smallest absolute Gasteiger partial charge is 0.253 e. The van der Waals surface area contributed by atoms with E-state index in [0.29, 0.717) is 22.9 Å². The third-order valence-corrected chi connectivity index (χ3v) is 3.90. The summed E-state index contributed by atoms with van der Waals surface area (Å²) >= 11 is 6.04. The molecule has 2 aromatic rings. The van der Waals surface area contributed by atoms with E-state index in [9.17, 15) is 4.79 Å². The Bertz CT molecular complexity index is 689. The van der Waals surface area contributed by atoms with Gasteiger partial charge in [0, 0.05) is 0 Å². The van der Waals surface area contributed by atoms with Crippen LogP contribution in [0.25, 0.3) is 0 Å². The molecule has 0 fully saturated rings. The maximum absolute atomic E-state index is 12.3. The lowest BCUT2D eigenvalue weighted by Crippen LogP contribution is -2.48. The van der Waals surface area contributed by atoms with Crippen LogP contribution in [-0.4, -0.2) is 24.7 Å². The Labute approximate surface area is 134 Å². The van der Waals surface area contributed by atoms with E-state index >= 15 is 0 Å². The van der Waals surface area contributed by atoms with Gasteiger partial charge < -0.3 is 14.8 Å². The molecule has 0 unspecified atom stereocenters. The highest BCUT2D eigenvalue weighted by Gasteiger charge is 2.27. The average molecular weight is 318 g/mol. The van der Waals surface area contributed by atoms with E-state index < -0.39 is 0 Å². The highest BCUT2D eigenvalue weighted by Crippen LogP contribution is 2.31. The van der Waals surface area contributed by atoms with Gasteiger partial charge in [0.2, 0.25) is 0 Å². The fourth-order valence-electron chi connectivity index (χ4n) is 2.31. The van der Waals surface area contributed by atoms with Crippen LogP contribution in [0.1, 0.15) is 17.3 Å². The summed E-state index contributed by atoms with van der Waals surface area (Å²) < 4.78 is 11.6. The first-order valence-electron chi connectivity index (χ1n) is 7.09. The lowest BCUT2D eigenvalue weighted by Gasteiger charge is -2.30. The van der Waals surface area contributed by atoms with Crippen molar-refractivity contribution in [3.8, 4) is 11.5 Å². The summed E-state index contributed by atoms with van der Waals surface area (Å²) in [5.74, 6) is 1.20. The molecule has 1 heterocycles. The van der Waals surface area contributed by atoms with Crippen LogP contribution >= 0.6 is 11.6 Å². The zero-order valence-electron chi connectivity index (χ0n) is 12.1. The van der Waals surface area contributed by atoms with Crippen molar-refractivity contribution in [2.75, 3.05) is 6.61 Å². The molecule has 2 atom stereocenters. The molecule has 4 nitrogen and oxygen atoms in total. The Balaban J connectivity index is 1.67. The molecule has 0 aliphatic carbocycles. The van der Waals surface area contributed by atoms with E-state index in [4.69, 9.17) is 21.1 Å². The van der Waals surface area contributed by atoms with Gasteiger partial charge in [-0.05, 0) is 31.2 Å². The molecule has 0 aromatic heterocycles. The fourth-order valence-corrected chi connectivity index (χ4v) is 2.53. The second kappa shape index (κ2) is 6.28. The maximum atomic E-state index is 12.3. The third kappa shape index (κ3) is 3.02. The zero-order valence-corrected chi connectivity index (χ0v) is 12.8. The van der Waals surface area contributed by atoms with Crippen LogP contribution < -0.4 is 14.8 Å². The summed E-state index contributed by atoms with van der Waals surface area (Å²) in [6.45, 7) is 2.28. The molecule has 0 radical (unpaired) electrons. The molecule has 3 rings (SSSR count). The molecule has 22 heavy (non-hydrogen) atoms. The molecule has 1 aliphatic rings. The summed E-state index contributed by atoms with van der Waals surface area (Å²) in [6.07, 6.45) is -0.249. The van der Waals surface area contributed by atoms with Crippen LogP contribution in [0.2, 0.25) is 5.02 Å². The number of benzene rings is 2. The Morgan fingerprint density at radius 1 is 1.18 bits per heavy atom. The monoisotopic (exact) mass is 317 g/mol. The van der Waals surface area contributed by atoms with Crippen LogP contribution in [0.4, 0.5) is 0 Å². The minimum Gasteiger partial charge on any atom is -0.486 e. The first-order chi connectivity index (χ1) is 10.6. The Morgan fingerprint density at radius 3 is 2.64 bits per heavy atom. The molecule has 1 aliphatic heterocycles. The molecule has 114 valence electrons. The Hall–Kier alpha value is -2.20.